The largest absolute Gasteiger partial charge is 0.497 e. The Balaban J connectivity index is 1.85. The molecule has 0 fully saturated rings. The molecule has 1 atom stereocenters. The summed E-state index contributed by atoms with van der Waals surface area (Å²) in [5, 5.41) is 11.5. The molecule has 34 heavy (non-hydrogen) atoms. The molecule has 8 nitrogen and oxygen atoms in total. The number of allylic oxidation sites excluding steroid dienone is 3. The Morgan fingerprint density at radius 2 is 2.00 bits per heavy atom. The Labute approximate surface area is 202 Å². The number of rotatable bonds is 4. The summed E-state index contributed by atoms with van der Waals surface area (Å²) >= 11 is 6.10. The van der Waals surface area contributed by atoms with Gasteiger partial charge in [0.15, 0.2) is 5.78 Å². The lowest BCUT2D eigenvalue weighted by Gasteiger charge is -2.43. The number of pyridine rings is 1. The van der Waals surface area contributed by atoms with Crippen LogP contribution < -0.4 is 15.9 Å². The van der Waals surface area contributed by atoms with E-state index in [-0.39, 0.29) is 33.3 Å². The van der Waals surface area contributed by atoms with E-state index in [9.17, 15) is 14.9 Å². The van der Waals surface area contributed by atoms with Crippen LogP contribution in [0, 0.1) is 16.7 Å². The third-order valence-corrected chi connectivity index (χ3v) is 6.35. The maximum absolute atomic E-state index is 13.4. The lowest BCUT2D eigenvalue weighted by molar-refractivity contribution is -0.118. The average Bonchev–Trinajstić information content (AvgIpc) is 2.80. The standard InChI is InChI=1S/C25H24ClN5O3/c1-25(2)11-18-21(19(32)12-25)20(14-6-8-15(34-3)9-7-14)17(13-27)23(28)31(18)30-24(33)16-5-4-10-29-22(16)26/h4-10,20H,11-12,28H2,1-3H3,(H,30,33). The maximum Gasteiger partial charge on any atom is 0.273 e. The van der Waals surface area contributed by atoms with Crippen LogP contribution in [0.4, 0.5) is 0 Å². The summed E-state index contributed by atoms with van der Waals surface area (Å²) in [6, 6.07) is 12.5. The number of nitrogens with zero attached hydrogens (tertiary/aromatic N) is 3. The van der Waals surface area contributed by atoms with Crippen molar-refractivity contribution in [1.82, 2.24) is 15.4 Å². The Bertz CT molecular complexity index is 1270. The summed E-state index contributed by atoms with van der Waals surface area (Å²) < 4.78 is 5.25. The molecule has 0 saturated carbocycles. The Morgan fingerprint density at radius 3 is 2.62 bits per heavy atom. The van der Waals surface area contributed by atoms with Crippen molar-refractivity contribution < 1.29 is 14.3 Å². The van der Waals surface area contributed by atoms with E-state index in [4.69, 9.17) is 22.1 Å². The third kappa shape index (κ3) is 4.11. The van der Waals surface area contributed by atoms with Gasteiger partial charge in [0.2, 0.25) is 0 Å². The number of methoxy groups -OCH3 is 1. The van der Waals surface area contributed by atoms with Gasteiger partial charge in [0.1, 0.15) is 16.7 Å². The van der Waals surface area contributed by atoms with E-state index in [2.05, 4.69) is 16.5 Å². The molecule has 2 aliphatic rings. The first kappa shape index (κ1) is 23.3. The maximum atomic E-state index is 13.4. The topological polar surface area (TPSA) is 121 Å². The highest BCUT2D eigenvalue weighted by Crippen LogP contribution is 2.48. The summed E-state index contributed by atoms with van der Waals surface area (Å²) in [6.07, 6.45) is 2.26. The SMILES string of the molecule is COc1ccc(C2C(C#N)=C(N)N(NC(=O)c3cccnc3Cl)C3=C2C(=O)CC(C)(C)C3)cc1. The molecule has 2 heterocycles. The van der Waals surface area contributed by atoms with Crippen LogP contribution in [0.3, 0.4) is 0 Å². The molecule has 1 aromatic carbocycles. The molecule has 1 unspecified atom stereocenters. The fourth-order valence-corrected chi connectivity index (χ4v) is 4.69. The van der Waals surface area contributed by atoms with Crippen molar-refractivity contribution in [3.63, 3.8) is 0 Å². The van der Waals surface area contributed by atoms with Crippen molar-refractivity contribution in [2.45, 2.75) is 32.6 Å². The van der Waals surface area contributed by atoms with Gasteiger partial charge in [0, 0.05) is 18.2 Å². The van der Waals surface area contributed by atoms with E-state index in [0.717, 1.165) is 5.56 Å². The van der Waals surface area contributed by atoms with Crippen molar-refractivity contribution in [1.29, 1.82) is 5.26 Å². The van der Waals surface area contributed by atoms with Crippen molar-refractivity contribution in [2.75, 3.05) is 7.11 Å². The first-order valence-electron chi connectivity index (χ1n) is 10.7. The number of aromatic nitrogens is 1. The predicted molar refractivity (Wildman–Crippen MR) is 126 cm³/mol. The van der Waals surface area contributed by atoms with Crippen LogP contribution in [0.2, 0.25) is 5.15 Å². The highest BCUT2D eigenvalue weighted by molar-refractivity contribution is 6.32. The van der Waals surface area contributed by atoms with E-state index in [1.807, 2.05) is 26.0 Å². The normalized spacial score (nSPS) is 19.4. The highest BCUT2D eigenvalue weighted by atomic mass is 35.5. The van der Waals surface area contributed by atoms with Crippen LogP contribution >= 0.6 is 11.6 Å². The second-order valence-electron chi connectivity index (χ2n) is 9.04. The third-order valence-electron chi connectivity index (χ3n) is 6.05. The van der Waals surface area contributed by atoms with Gasteiger partial charge in [-0.05, 0) is 41.7 Å². The molecular formula is C25H24ClN5O3. The number of halogens is 1. The zero-order valence-electron chi connectivity index (χ0n) is 19.1. The number of ketones is 1. The van der Waals surface area contributed by atoms with Crippen LogP contribution in [-0.4, -0.2) is 28.8 Å². The lowest BCUT2D eigenvalue weighted by Crippen LogP contribution is -2.50. The lowest BCUT2D eigenvalue weighted by atomic mass is 9.69. The number of amides is 1. The van der Waals surface area contributed by atoms with Crippen molar-refractivity contribution in [3.05, 3.63) is 81.5 Å². The average molecular weight is 478 g/mol. The molecule has 2 aromatic rings. The molecule has 0 saturated heterocycles. The number of nitrogens with two attached hydrogens (primary N) is 1. The number of Topliss-reactive ketones (excluding diaryl/α,β-unsaturated/α-hetero) is 1. The van der Waals surface area contributed by atoms with Gasteiger partial charge in [-0.3, -0.25) is 15.0 Å². The van der Waals surface area contributed by atoms with Crippen LogP contribution in [0.5, 0.6) is 5.75 Å². The van der Waals surface area contributed by atoms with Crippen LogP contribution in [-0.2, 0) is 4.79 Å². The summed E-state index contributed by atoms with van der Waals surface area (Å²) in [6.45, 7) is 3.96. The van der Waals surface area contributed by atoms with Gasteiger partial charge in [-0.15, -0.1) is 0 Å². The van der Waals surface area contributed by atoms with E-state index >= 15 is 0 Å². The van der Waals surface area contributed by atoms with Crippen molar-refractivity contribution in [2.24, 2.45) is 11.1 Å². The van der Waals surface area contributed by atoms with Gasteiger partial charge >= 0.3 is 0 Å². The molecule has 1 aliphatic carbocycles. The van der Waals surface area contributed by atoms with Gasteiger partial charge in [0.05, 0.1) is 35.9 Å². The van der Waals surface area contributed by atoms with Crippen LogP contribution in [0.1, 0.15) is 48.5 Å². The smallest absolute Gasteiger partial charge is 0.273 e. The molecule has 0 bridgehead atoms. The molecule has 0 spiro atoms. The zero-order valence-corrected chi connectivity index (χ0v) is 19.8. The quantitative estimate of drug-likeness (QED) is 0.642. The molecule has 9 heteroatoms. The highest BCUT2D eigenvalue weighted by Gasteiger charge is 2.45. The number of nitrogens with one attached hydrogen (secondary N) is 1. The van der Waals surface area contributed by atoms with Crippen molar-refractivity contribution >= 4 is 23.3 Å². The van der Waals surface area contributed by atoms with Crippen LogP contribution in [0.15, 0.2) is 65.3 Å². The summed E-state index contributed by atoms with van der Waals surface area (Å²) in [4.78, 5) is 30.4. The monoisotopic (exact) mass is 477 g/mol. The Hall–Kier alpha value is -3.83. The number of hydrazine groups is 1. The minimum Gasteiger partial charge on any atom is -0.497 e. The van der Waals surface area contributed by atoms with E-state index in [1.165, 1.54) is 17.3 Å². The minimum atomic E-state index is -0.648. The Kier molecular flexibility index (Phi) is 6.07. The second-order valence-corrected chi connectivity index (χ2v) is 9.39. The number of ether oxygens (including phenoxy) is 1. The molecule has 1 aromatic heterocycles. The fraction of sp³-hybridized carbons (Fsp3) is 0.280. The van der Waals surface area contributed by atoms with Gasteiger partial charge in [-0.2, -0.15) is 5.26 Å². The summed E-state index contributed by atoms with van der Waals surface area (Å²) in [5.41, 5.74) is 10.9. The molecule has 1 aliphatic heterocycles. The van der Waals surface area contributed by atoms with Crippen molar-refractivity contribution in [3.8, 4) is 11.8 Å². The number of carbonyl (C=O) groups is 2. The molecule has 3 N–H and O–H groups in total. The van der Waals surface area contributed by atoms with Crippen LogP contribution in [0.25, 0.3) is 0 Å². The van der Waals surface area contributed by atoms with E-state index in [0.29, 0.717) is 29.9 Å². The first-order chi connectivity index (χ1) is 16.2. The van der Waals surface area contributed by atoms with E-state index in [1.54, 1.807) is 25.3 Å². The van der Waals surface area contributed by atoms with Gasteiger partial charge in [-0.1, -0.05) is 37.6 Å². The summed E-state index contributed by atoms with van der Waals surface area (Å²) in [7, 11) is 1.57. The van der Waals surface area contributed by atoms with E-state index < -0.39 is 11.8 Å². The molecule has 0 radical (unpaired) electrons. The second kappa shape index (κ2) is 8.84. The number of nitriles is 1. The van der Waals surface area contributed by atoms with Gasteiger partial charge < -0.3 is 10.5 Å². The van der Waals surface area contributed by atoms with Gasteiger partial charge in [0.25, 0.3) is 5.91 Å². The minimum absolute atomic E-state index is 0.0328. The number of carbonyl (C=O) groups excluding carboxylic acids is 2. The number of hydrogen-bond donors (Lipinski definition) is 2. The zero-order chi connectivity index (χ0) is 24.6. The molecule has 1 amide bonds. The molecule has 4 rings (SSSR count). The number of benzene rings is 1. The van der Waals surface area contributed by atoms with Gasteiger partial charge in [-0.25, -0.2) is 9.99 Å². The molecule has 174 valence electrons. The summed E-state index contributed by atoms with van der Waals surface area (Å²) in [5.74, 6) is -0.581. The first-order valence-corrected chi connectivity index (χ1v) is 11.1. The number of hydrogen-bond acceptors (Lipinski definition) is 7. The predicted octanol–water partition coefficient (Wildman–Crippen LogP) is 3.82. The molecular weight excluding hydrogens is 454 g/mol. The Morgan fingerprint density at radius 1 is 1.29 bits per heavy atom. The fourth-order valence-electron chi connectivity index (χ4n) is 4.48.